The molecule has 0 atom stereocenters. The monoisotopic (exact) mass is 343 g/mol. The fraction of sp³-hybridized carbons (Fsp3) is 0.235. The lowest BCUT2D eigenvalue weighted by molar-refractivity contribution is -0.118. The average Bonchev–Trinajstić information content (AvgIpc) is 2.61. The number of hydrogen-bond donors (Lipinski definition) is 1. The Kier molecular flexibility index (Phi) is 7.50. The van der Waals surface area contributed by atoms with E-state index in [4.69, 9.17) is 5.26 Å². The Labute approximate surface area is 144 Å². The first-order valence-electron chi connectivity index (χ1n) is 7.15. The van der Waals surface area contributed by atoms with Gasteiger partial charge in [0, 0.05) is 35.3 Å². The number of hydrogen-bond acceptors (Lipinski definition) is 5. The molecule has 0 unspecified atom stereocenters. The zero-order chi connectivity index (χ0) is 16.3. The largest absolute Gasteiger partial charge is 0.355 e. The van der Waals surface area contributed by atoms with Crippen molar-refractivity contribution in [2.24, 2.45) is 0 Å². The molecule has 0 fully saturated rings. The van der Waals surface area contributed by atoms with Gasteiger partial charge in [-0.2, -0.15) is 17.0 Å². The molecule has 1 N–H and O–H groups in total. The topological polar surface area (TPSA) is 65.8 Å². The fourth-order valence-corrected chi connectivity index (χ4v) is 3.41. The van der Waals surface area contributed by atoms with Gasteiger partial charge in [0.15, 0.2) is 0 Å². The molecule has 118 valence electrons. The molecule has 0 aliphatic carbocycles. The molecule has 1 amide bonds. The molecule has 0 saturated heterocycles. The van der Waals surface area contributed by atoms with E-state index in [2.05, 4.69) is 16.4 Å². The zero-order valence-corrected chi connectivity index (χ0v) is 14.2. The van der Waals surface area contributed by atoms with Crippen molar-refractivity contribution in [1.82, 2.24) is 10.3 Å². The van der Waals surface area contributed by atoms with Gasteiger partial charge in [0.05, 0.1) is 17.4 Å². The molecule has 0 saturated carbocycles. The summed E-state index contributed by atoms with van der Waals surface area (Å²) in [5, 5.41) is 11.9. The molecule has 2 aromatic rings. The minimum absolute atomic E-state index is 0.0323. The maximum absolute atomic E-state index is 11.8. The van der Waals surface area contributed by atoms with Crippen LogP contribution < -0.4 is 5.32 Å². The van der Waals surface area contributed by atoms with E-state index in [0.717, 1.165) is 27.5 Å². The molecule has 0 aliphatic heterocycles. The minimum atomic E-state index is 0.0323. The number of carbonyl (C=O) groups excluding carboxylic acids is 1. The number of benzene rings is 1. The van der Waals surface area contributed by atoms with Crippen molar-refractivity contribution in [3.63, 3.8) is 0 Å². The van der Waals surface area contributed by atoms with Gasteiger partial charge in [0.1, 0.15) is 0 Å². The van der Waals surface area contributed by atoms with Crippen molar-refractivity contribution in [3.05, 3.63) is 59.9 Å². The van der Waals surface area contributed by atoms with Crippen LogP contribution in [0.4, 0.5) is 0 Å². The number of nitrogens with one attached hydrogen (secondary N) is 1. The van der Waals surface area contributed by atoms with E-state index >= 15 is 0 Å². The standard InChI is InChI=1S/C17H17N3OS2/c18-11-14-3-1-2-4-15(14)12-22-10-9-20-17(21)13-23-16-5-7-19-8-6-16/h1-8H,9-10,12-13H2,(H,20,21). The summed E-state index contributed by atoms with van der Waals surface area (Å²) in [6.07, 6.45) is 3.44. The van der Waals surface area contributed by atoms with Crippen LogP contribution in [0.15, 0.2) is 53.7 Å². The van der Waals surface area contributed by atoms with Crippen LogP contribution in [0.25, 0.3) is 0 Å². The van der Waals surface area contributed by atoms with Gasteiger partial charge in [-0.15, -0.1) is 11.8 Å². The number of thioether (sulfide) groups is 2. The van der Waals surface area contributed by atoms with E-state index in [9.17, 15) is 4.79 Å². The average molecular weight is 343 g/mol. The fourth-order valence-electron chi connectivity index (χ4n) is 1.83. The van der Waals surface area contributed by atoms with Crippen LogP contribution in [0.2, 0.25) is 0 Å². The van der Waals surface area contributed by atoms with Gasteiger partial charge >= 0.3 is 0 Å². The summed E-state index contributed by atoms with van der Waals surface area (Å²) in [5.41, 5.74) is 1.76. The van der Waals surface area contributed by atoms with Gasteiger partial charge < -0.3 is 5.32 Å². The molecule has 1 heterocycles. The summed E-state index contributed by atoms with van der Waals surface area (Å²) in [4.78, 5) is 16.7. The molecule has 6 heteroatoms. The first-order chi connectivity index (χ1) is 11.3. The highest BCUT2D eigenvalue weighted by Gasteiger charge is 2.03. The Balaban J connectivity index is 1.60. The van der Waals surface area contributed by atoms with E-state index in [1.54, 1.807) is 24.2 Å². The van der Waals surface area contributed by atoms with Gasteiger partial charge in [0.2, 0.25) is 5.91 Å². The molecule has 0 radical (unpaired) electrons. The van der Waals surface area contributed by atoms with Crippen LogP contribution in [0.5, 0.6) is 0 Å². The molecule has 4 nitrogen and oxygen atoms in total. The maximum Gasteiger partial charge on any atom is 0.230 e. The van der Waals surface area contributed by atoms with E-state index < -0.39 is 0 Å². The Morgan fingerprint density at radius 2 is 2.00 bits per heavy atom. The quantitative estimate of drug-likeness (QED) is 0.589. The van der Waals surface area contributed by atoms with Gasteiger partial charge in [-0.25, -0.2) is 0 Å². The Hall–Kier alpha value is -1.97. The van der Waals surface area contributed by atoms with Crippen LogP contribution in [0.1, 0.15) is 11.1 Å². The van der Waals surface area contributed by atoms with Gasteiger partial charge in [-0.3, -0.25) is 9.78 Å². The summed E-state index contributed by atoms with van der Waals surface area (Å²) in [6, 6.07) is 13.6. The second-order valence-electron chi connectivity index (χ2n) is 4.64. The number of amides is 1. The van der Waals surface area contributed by atoms with Gasteiger partial charge in [0.25, 0.3) is 0 Å². The zero-order valence-electron chi connectivity index (χ0n) is 12.6. The molecule has 2 rings (SSSR count). The molecular weight excluding hydrogens is 326 g/mol. The van der Waals surface area contributed by atoms with E-state index in [1.807, 2.05) is 36.4 Å². The predicted octanol–water partition coefficient (Wildman–Crippen LogP) is 3.09. The normalized spacial score (nSPS) is 10.0. The smallest absolute Gasteiger partial charge is 0.230 e. The van der Waals surface area contributed by atoms with E-state index in [1.165, 1.54) is 11.8 Å². The summed E-state index contributed by atoms with van der Waals surface area (Å²) < 4.78 is 0. The number of rotatable bonds is 8. The number of aromatic nitrogens is 1. The third kappa shape index (κ3) is 6.35. The number of carbonyl (C=O) groups is 1. The van der Waals surface area contributed by atoms with Crippen LogP contribution in [-0.2, 0) is 10.5 Å². The van der Waals surface area contributed by atoms with Gasteiger partial charge in [-0.1, -0.05) is 18.2 Å². The summed E-state index contributed by atoms with van der Waals surface area (Å²) in [6.45, 7) is 0.634. The van der Waals surface area contributed by atoms with Crippen LogP contribution in [-0.4, -0.2) is 28.9 Å². The number of nitriles is 1. The van der Waals surface area contributed by atoms with Crippen molar-refractivity contribution in [2.45, 2.75) is 10.6 Å². The predicted molar refractivity (Wildman–Crippen MR) is 95.3 cm³/mol. The molecule has 1 aromatic carbocycles. The second kappa shape index (κ2) is 9.93. The molecule has 0 spiro atoms. The van der Waals surface area contributed by atoms with Crippen LogP contribution in [0, 0.1) is 11.3 Å². The Bertz CT molecular complexity index is 671. The SMILES string of the molecule is N#Cc1ccccc1CSCCNC(=O)CSc1ccncc1. The first kappa shape index (κ1) is 17.4. The summed E-state index contributed by atoms with van der Waals surface area (Å²) in [5.74, 6) is 2.05. The van der Waals surface area contributed by atoms with Crippen molar-refractivity contribution in [3.8, 4) is 6.07 Å². The lowest BCUT2D eigenvalue weighted by atomic mass is 10.1. The number of pyridine rings is 1. The van der Waals surface area contributed by atoms with Crippen molar-refractivity contribution in [1.29, 1.82) is 5.26 Å². The highest BCUT2D eigenvalue weighted by molar-refractivity contribution is 8.00. The lowest BCUT2D eigenvalue weighted by Crippen LogP contribution is -2.27. The summed E-state index contributed by atoms with van der Waals surface area (Å²) in [7, 11) is 0. The molecular formula is C17H17N3OS2. The van der Waals surface area contributed by atoms with Crippen molar-refractivity contribution >= 4 is 29.4 Å². The third-order valence-corrected chi connectivity index (χ3v) is 5.00. The lowest BCUT2D eigenvalue weighted by Gasteiger charge is -2.06. The molecule has 1 aromatic heterocycles. The summed E-state index contributed by atoms with van der Waals surface area (Å²) >= 11 is 3.21. The highest BCUT2D eigenvalue weighted by atomic mass is 32.2. The maximum atomic E-state index is 11.8. The van der Waals surface area contributed by atoms with E-state index in [-0.39, 0.29) is 5.91 Å². The molecule has 0 aliphatic rings. The van der Waals surface area contributed by atoms with Gasteiger partial charge in [-0.05, 0) is 23.8 Å². The first-order valence-corrected chi connectivity index (χ1v) is 9.29. The minimum Gasteiger partial charge on any atom is -0.355 e. The molecule has 23 heavy (non-hydrogen) atoms. The van der Waals surface area contributed by atoms with Crippen LogP contribution >= 0.6 is 23.5 Å². The Morgan fingerprint density at radius 1 is 1.22 bits per heavy atom. The second-order valence-corrected chi connectivity index (χ2v) is 6.80. The van der Waals surface area contributed by atoms with Crippen molar-refractivity contribution in [2.75, 3.05) is 18.1 Å². The van der Waals surface area contributed by atoms with Crippen molar-refractivity contribution < 1.29 is 4.79 Å². The molecule has 0 bridgehead atoms. The third-order valence-electron chi connectivity index (χ3n) is 2.98. The van der Waals surface area contributed by atoms with E-state index in [0.29, 0.717) is 12.3 Å². The van der Waals surface area contributed by atoms with Crippen LogP contribution in [0.3, 0.4) is 0 Å². The number of nitrogens with zero attached hydrogens (tertiary/aromatic N) is 2. The Morgan fingerprint density at radius 3 is 2.78 bits per heavy atom. The highest BCUT2D eigenvalue weighted by Crippen LogP contribution is 2.16.